The van der Waals surface area contributed by atoms with Crippen molar-refractivity contribution in [3.05, 3.63) is 42.3 Å². The number of nitrogens with zero attached hydrogens (tertiary/aromatic N) is 4. The Morgan fingerprint density at radius 2 is 1.81 bits per heavy atom. The van der Waals surface area contributed by atoms with Crippen LogP contribution in [0.4, 0.5) is 5.82 Å². The zero-order valence-corrected chi connectivity index (χ0v) is 17.7. The van der Waals surface area contributed by atoms with Gasteiger partial charge in [-0.15, -0.1) is 0 Å². The lowest BCUT2D eigenvalue weighted by molar-refractivity contribution is 0.358. The SMILES string of the molecule is Cc1nc2cc(O)c(-c3ccc4nc(N5CC(C6CC6)N[C@@H](C)C5)ccc4n3)cc2o1. The number of aryl methyl sites for hydroxylation is 1. The summed E-state index contributed by atoms with van der Waals surface area (Å²) in [7, 11) is 0. The molecule has 7 nitrogen and oxygen atoms in total. The molecule has 31 heavy (non-hydrogen) atoms. The second kappa shape index (κ2) is 6.92. The van der Waals surface area contributed by atoms with E-state index in [1.165, 1.54) is 12.8 Å². The fourth-order valence-corrected chi connectivity index (χ4v) is 4.69. The van der Waals surface area contributed by atoms with Gasteiger partial charge in [0, 0.05) is 43.7 Å². The molecule has 1 aliphatic heterocycles. The normalized spacial score (nSPS) is 21.8. The largest absolute Gasteiger partial charge is 0.507 e. The number of piperazine rings is 1. The zero-order chi connectivity index (χ0) is 21.1. The van der Waals surface area contributed by atoms with Gasteiger partial charge in [-0.05, 0) is 56.0 Å². The van der Waals surface area contributed by atoms with Crippen LogP contribution < -0.4 is 10.2 Å². The minimum Gasteiger partial charge on any atom is -0.507 e. The molecule has 7 heteroatoms. The van der Waals surface area contributed by atoms with Gasteiger partial charge in [0.25, 0.3) is 0 Å². The number of benzene rings is 1. The van der Waals surface area contributed by atoms with Gasteiger partial charge in [0.2, 0.25) is 0 Å². The smallest absolute Gasteiger partial charge is 0.192 e. The number of phenolic OH excluding ortho intramolecular Hbond substituents is 1. The van der Waals surface area contributed by atoms with Crippen LogP contribution in [0.25, 0.3) is 33.4 Å². The summed E-state index contributed by atoms with van der Waals surface area (Å²) in [6.07, 6.45) is 2.67. The number of aromatic hydroxyl groups is 1. The summed E-state index contributed by atoms with van der Waals surface area (Å²) in [5.74, 6) is 2.52. The van der Waals surface area contributed by atoms with E-state index < -0.39 is 0 Å². The molecule has 2 atom stereocenters. The van der Waals surface area contributed by atoms with Crippen LogP contribution in [0.5, 0.6) is 5.75 Å². The molecule has 2 N–H and O–H groups in total. The predicted octanol–water partition coefficient (Wildman–Crippen LogP) is 4.03. The molecule has 1 unspecified atom stereocenters. The molecule has 1 saturated carbocycles. The Morgan fingerprint density at radius 3 is 2.65 bits per heavy atom. The van der Waals surface area contributed by atoms with E-state index in [-0.39, 0.29) is 5.75 Å². The van der Waals surface area contributed by atoms with Crippen LogP contribution in [-0.2, 0) is 0 Å². The molecule has 0 radical (unpaired) electrons. The van der Waals surface area contributed by atoms with E-state index >= 15 is 0 Å². The van der Waals surface area contributed by atoms with Crippen LogP contribution >= 0.6 is 0 Å². The minimum absolute atomic E-state index is 0.137. The van der Waals surface area contributed by atoms with Crippen LogP contribution in [-0.4, -0.2) is 45.2 Å². The van der Waals surface area contributed by atoms with E-state index in [0.29, 0.717) is 40.3 Å². The molecular weight excluding hydrogens is 390 g/mol. The highest BCUT2D eigenvalue weighted by molar-refractivity contribution is 5.86. The summed E-state index contributed by atoms with van der Waals surface area (Å²) in [6.45, 7) is 6.00. The average Bonchev–Trinajstić information content (AvgIpc) is 3.54. The molecule has 2 fully saturated rings. The highest BCUT2D eigenvalue weighted by Gasteiger charge is 2.36. The topological polar surface area (TPSA) is 87.3 Å². The van der Waals surface area contributed by atoms with E-state index in [0.717, 1.165) is 35.9 Å². The average molecular weight is 415 g/mol. The molecule has 6 rings (SSSR count). The third-order valence-corrected chi connectivity index (χ3v) is 6.34. The second-order valence-electron chi connectivity index (χ2n) is 8.89. The summed E-state index contributed by atoms with van der Waals surface area (Å²) < 4.78 is 5.62. The van der Waals surface area contributed by atoms with Gasteiger partial charge >= 0.3 is 0 Å². The molecule has 0 spiro atoms. The van der Waals surface area contributed by atoms with Crippen LogP contribution in [0.1, 0.15) is 25.7 Å². The molecular formula is C24H25N5O2. The van der Waals surface area contributed by atoms with Crippen molar-refractivity contribution < 1.29 is 9.52 Å². The molecule has 4 aromatic rings. The molecule has 0 bridgehead atoms. The maximum absolute atomic E-state index is 10.5. The number of aromatic nitrogens is 3. The molecule has 1 aliphatic carbocycles. The first-order valence-corrected chi connectivity index (χ1v) is 10.9. The molecule has 2 aliphatic rings. The minimum atomic E-state index is 0.137. The van der Waals surface area contributed by atoms with Gasteiger partial charge in [-0.2, -0.15) is 0 Å². The van der Waals surface area contributed by atoms with Crippen molar-refractivity contribution in [2.24, 2.45) is 5.92 Å². The number of rotatable bonds is 3. The van der Waals surface area contributed by atoms with Crippen molar-refractivity contribution in [3.8, 4) is 17.0 Å². The Labute approximate surface area is 180 Å². The summed E-state index contributed by atoms with van der Waals surface area (Å²) in [4.78, 5) is 16.3. The molecule has 1 saturated heterocycles. The molecule has 0 amide bonds. The first kappa shape index (κ1) is 18.6. The third-order valence-electron chi connectivity index (χ3n) is 6.34. The van der Waals surface area contributed by atoms with E-state index in [1.807, 2.05) is 18.2 Å². The number of hydrogen-bond acceptors (Lipinski definition) is 7. The number of pyridine rings is 2. The van der Waals surface area contributed by atoms with Crippen molar-refractivity contribution in [1.29, 1.82) is 0 Å². The molecule has 4 heterocycles. The van der Waals surface area contributed by atoms with Gasteiger partial charge in [-0.1, -0.05) is 0 Å². The van der Waals surface area contributed by atoms with E-state index in [1.54, 1.807) is 19.1 Å². The Morgan fingerprint density at radius 1 is 1.00 bits per heavy atom. The predicted molar refractivity (Wildman–Crippen MR) is 120 cm³/mol. The first-order chi connectivity index (χ1) is 15.0. The molecule has 3 aromatic heterocycles. The van der Waals surface area contributed by atoms with Gasteiger partial charge in [0.05, 0.1) is 16.7 Å². The Hall–Kier alpha value is -3.19. The summed E-state index contributed by atoms with van der Waals surface area (Å²) >= 11 is 0. The van der Waals surface area contributed by atoms with Gasteiger partial charge in [0.15, 0.2) is 11.5 Å². The fraction of sp³-hybridized carbons (Fsp3) is 0.375. The summed E-state index contributed by atoms with van der Waals surface area (Å²) in [6, 6.07) is 12.4. The zero-order valence-electron chi connectivity index (χ0n) is 17.7. The van der Waals surface area contributed by atoms with Crippen LogP contribution in [0.3, 0.4) is 0 Å². The molecule has 1 aromatic carbocycles. The Bertz CT molecular complexity index is 1300. The monoisotopic (exact) mass is 415 g/mol. The summed E-state index contributed by atoms with van der Waals surface area (Å²) in [5, 5.41) is 14.2. The summed E-state index contributed by atoms with van der Waals surface area (Å²) in [5.41, 5.74) is 4.24. The van der Waals surface area contributed by atoms with Gasteiger partial charge < -0.3 is 19.7 Å². The number of fused-ring (bicyclic) bond motifs is 2. The second-order valence-corrected chi connectivity index (χ2v) is 8.89. The number of phenols is 1. The fourth-order valence-electron chi connectivity index (χ4n) is 4.69. The van der Waals surface area contributed by atoms with Crippen molar-refractivity contribution in [2.75, 3.05) is 18.0 Å². The van der Waals surface area contributed by atoms with Crippen molar-refractivity contribution in [1.82, 2.24) is 20.3 Å². The van der Waals surface area contributed by atoms with Crippen LogP contribution in [0.2, 0.25) is 0 Å². The lowest BCUT2D eigenvalue weighted by Gasteiger charge is -2.38. The maximum atomic E-state index is 10.5. The van der Waals surface area contributed by atoms with E-state index in [9.17, 15) is 5.11 Å². The number of hydrogen-bond donors (Lipinski definition) is 2. The number of oxazole rings is 1. The first-order valence-electron chi connectivity index (χ1n) is 10.9. The van der Waals surface area contributed by atoms with Gasteiger partial charge in [-0.25, -0.2) is 15.0 Å². The van der Waals surface area contributed by atoms with Gasteiger partial charge in [-0.3, -0.25) is 0 Å². The Kier molecular flexibility index (Phi) is 4.14. The van der Waals surface area contributed by atoms with Crippen LogP contribution in [0.15, 0.2) is 40.8 Å². The van der Waals surface area contributed by atoms with Gasteiger partial charge in [0.1, 0.15) is 17.1 Å². The third kappa shape index (κ3) is 3.39. The van der Waals surface area contributed by atoms with E-state index in [2.05, 4.69) is 28.2 Å². The lowest BCUT2D eigenvalue weighted by atomic mass is 10.1. The lowest BCUT2D eigenvalue weighted by Crippen LogP contribution is -2.56. The Balaban J connectivity index is 1.33. The highest BCUT2D eigenvalue weighted by atomic mass is 16.3. The molecule has 158 valence electrons. The quantitative estimate of drug-likeness (QED) is 0.522. The standard InChI is InChI=1S/C24H25N5O2/c1-13-11-29(12-21(25-13)15-3-4-15)24-8-7-18-19(28-24)6-5-17(27-18)16-9-23-20(10-22(16)30)26-14(2)31-23/h5-10,13,15,21,25,30H,3-4,11-12H2,1-2H3/t13-,21?/m0/s1. The van der Waals surface area contributed by atoms with Crippen molar-refractivity contribution >= 4 is 28.0 Å². The highest BCUT2D eigenvalue weighted by Crippen LogP contribution is 2.36. The maximum Gasteiger partial charge on any atom is 0.192 e. The number of anilines is 1. The van der Waals surface area contributed by atoms with Crippen molar-refractivity contribution in [2.45, 2.75) is 38.8 Å². The number of nitrogens with one attached hydrogen (secondary N) is 1. The van der Waals surface area contributed by atoms with E-state index in [4.69, 9.17) is 14.4 Å². The van der Waals surface area contributed by atoms with Crippen LogP contribution in [0, 0.1) is 12.8 Å². The van der Waals surface area contributed by atoms with Crippen molar-refractivity contribution in [3.63, 3.8) is 0 Å².